The van der Waals surface area contributed by atoms with E-state index in [2.05, 4.69) is 67.3 Å². The zero-order valence-electron chi connectivity index (χ0n) is 21.3. The van der Waals surface area contributed by atoms with Crippen LogP contribution in [0.25, 0.3) is 10.8 Å². The Morgan fingerprint density at radius 2 is 1.77 bits per heavy atom. The van der Waals surface area contributed by atoms with Crippen molar-refractivity contribution in [1.82, 2.24) is 4.90 Å². The van der Waals surface area contributed by atoms with Crippen LogP contribution in [0.5, 0.6) is 5.75 Å². The van der Waals surface area contributed by atoms with E-state index in [4.69, 9.17) is 14.2 Å². The number of morpholine rings is 1. The first-order chi connectivity index (χ1) is 16.9. The van der Waals surface area contributed by atoms with Crippen molar-refractivity contribution in [3.05, 3.63) is 77.4 Å². The summed E-state index contributed by atoms with van der Waals surface area (Å²) in [6, 6.07) is 20.9. The Balaban J connectivity index is 1.27. The molecule has 3 aromatic carbocycles. The van der Waals surface area contributed by atoms with Gasteiger partial charge in [-0.25, -0.2) is 0 Å². The summed E-state index contributed by atoms with van der Waals surface area (Å²) >= 11 is 0. The second-order valence-electron chi connectivity index (χ2n) is 9.86. The number of carbonyl (C=O) groups excluding carboxylic acids is 1. The van der Waals surface area contributed by atoms with Crippen LogP contribution in [0.15, 0.2) is 60.7 Å². The first-order valence-electron chi connectivity index (χ1n) is 12.6. The summed E-state index contributed by atoms with van der Waals surface area (Å²) in [5.74, 6) is 1.04. The summed E-state index contributed by atoms with van der Waals surface area (Å²) in [4.78, 5) is 14.9. The second kappa shape index (κ2) is 11.7. The van der Waals surface area contributed by atoms with Gasteiger partial charge in [0.15, 0.2) is 0 Å². The number of hydrogen-bond acceptors (Lipinski definition) is 5. The molecule has 0 spiro atoms. The largest absolute Gasteiger partial charge is 0.497 e. The number of esters is 1. The minimum Gasteiger partial charge on any atom is -0.497 e. The van der Waals surface area contributed by atoms with Gasteiger partial charge in [-0.2, -0.15) is 0 Å². The van der Waals surface area contributed by atoms with Gasteiger partial charge >= 0.3 is 5.97 Å². The Labute approximate surface area is 209 Å². The molecular weight excluding hydrogens is 438 g/mol. The molecule has 0 bridgehead atoms. The molecule has 0 aliphatic carbocycles. The molecule has 5 nitrogen and oxygen atoms in total. The standard InChI is InChI=1S/C30H37NO4/c1-21(2)17-23-5-7-24(8-6-23)22(3)30(32)35-16-14-31-13-15-34-29(20-31)27-10-9-26-19-28(33-4)12-11-25(26)18-27/h5-12,18-19,21-22,29H,13-17,20H2,1-4H3. The maximum atomic E-state index is 12.6. The van der Waals surface area contributed by atoms with Crippen LogP contribution in [-0.4, -0.2) is 50.8 Å². The number of carbonyl (C=O) groups is 1. The van der Waals surface area contributed by atoms with Crippen molar-refractivity contribution in [3.63, 3.8) is 0 Å². The van der Waals surface area contributed by atoms with E-state index in [0.29, 0.717) is 25.7 Å². The van der Waals surface area contributed by atoms with Crippen molar-refractivity contribution in [2.24, 2.45) is 5.92 Å². The smallest absolute Gasteiger partial charge is 0.313 e. The van der Waals surface area contributed by atoms with Gasteiger partial charge in [0.2, 0.25) is 0 Å². The molecule has 0 N–H and O–H groups in total. The van der Waals surface area contributed by atoms with Gasteiger partial charge in [0.25, 0.3) is 0 Å². The van der Waals surface area contributed by atoms with E-state index in [9.17, 15) is 4.79 Å². The number of nitrogens with zero attached hydrogens (tertiary/aromatic N) is 1. The van der Waals surface area contributed by atoms with Gasteiger partial charge in [0.1, 0.15) is 12.4 Å². The fraction of sp³-hybridized carbons (Fsp3) is 0.433. The third kappa shape index (κ3) is 6.62. The highest BCUT2D eigenvalue weighted by Gasteiger charge is 2.23. The molecule has 5 heteroatoms. The van der Waals surface area contributed by atoms with E-state index in [1.807, 2.05) is 19.1 Å². The fourth-order valence-electron chi connectivity index (χ4n) is 4.63. The van der Waals surface area contributed by atoms with Crippen LogP contribution >= 0.6 is 0 Å². The van der Waals surface area contributed by atoms with E-state index in [-0.39, 0.29) is 18.0 Å². The molecule has 0 radical (unpaired) electrons. The molecule has 2 atom stereocenters. The Bertz CT molecular complexity index is 1120. The van der Waals surface area contributed by atoms with E-state index in [1.165, 1.54) is 16.5 Å². The highest BCUT2D eigenvalue weighted by atomic mass is 16.5. The van der Waals surface area contributed by atoms with Gasteiger partial charge in [0, 0.05) is 19.6 Å². The zero-order chi connectivity index (χ0) is 24.8. The summed E-state index contributed by atoms with van der Waals surface area (Å²) < 4.78 is 17.0. The van der Waals surface area contributed by atoms with E-state index < -0.39 is 0 Å². The monoisotopic (exact) mass is 475 g/mol. The summed E-state index contributed by atoms with van der Waals surface area (Å²) in [5.41, 5.74) is 3.47. The minimum atomic E-state index is -0.267. The van der Waals surface area contributed by atoms with Gasteiger partial charge in [0.05, 0.1) is 25.7 Å². The predicted octanol–water partition coefficient (Wildman–Crippen LogP) is 5.77. The quantitative estimate of drug-likeness (QED) is 0.368. The van der Waals surface area contributed by atoms with Crippen LogP contribution in [0.4, 0.5) is 0 Å². The summed E-state index contributed by atoms with van der Waals surface area (Å²) in [7, 11) is 1.68. The van der Waals surface area contributed by atoms with Crippen LogP contribution in [0.1, 0.15) is 49.5 Å². The Morgan fingerprint density at radius 3 is 2.51 bits per heavy atom. The maximum absolute atomic E-state index is 12.6. The molecule has 1 aliphatic rings. The van der Waals surface area contributed by atoms with E-state index in [1.54, 1.807) is 7.11 Å². The average Bonchev–Trinajstić information content (AvgIpc) is 2.88. The Kier molecular flexibility index (Phi) is 8.42. The molecule has 1 aliphatic heterocycles. The van der Waals surface area contributed by atoms with Crippen LogP contribution < -0.4 is 4.74 Å². The molecule has 1 heterocycles. The molecule has 1 saturated heterocycles. The topological polar surface area (TPSA) is 48.0 Å². The van der Waals surface area contributed by atoms with Crippen molar-refractivity contribution in [2.75, 3.05) is 40.0 Å². The lowest BCUT2D eigenvalue weighted by atomic mass is 9.97. The molecule has 3 aromatic rings. The molecular formula is C30H37NO4. The third-order valence-corrected chi connectivity index (χ3v) is 6.72. The highest BCUT2D eigenvalue weighted by molar-refractivity contribution is 5.84. The van der Waals surface area contributed by atoms with Gasteiger partial charge in [-0.1, -0.05) is 56.3 Å². The molecule has 2 unspecified atom stereocenters. The van der Waals surface area contributed by atoms with Gasteiger partial charge in [-0.05, 0) is 64.9 Å². The number of benzene rings is 3. The number of fused-ring (bicyclic) bond motifs is 1. The fourth-order valence-corrected chi connectivity index (χ4v) is 4.63. The first kappa shape index (κ1) is 25.2. The van der Waals surface area contributed by atoms with E-state index in [0.717, 1.165) is 36.2 Å². The van der Waals surface area contributed by atoms with Gasteiger partial charge in [-0.15, -0.1) is 0 Å². The average molecular weight is 476 g/mol. The molecule has 0 saturated carbocycles. The van der Waals surface area contributed by atoms with Gasteiger partial charge < -0.3 is 14.2 Å². The van der Waals surface area contributed by atoms with Crippen molar-refractivity contribution < 1.29 is 19.0 Å². The summed E-state index contributed by atoms with van der Waals surface area (Å²) in [6.07, 6.45) is 1.06. The minimum absolute atomic E-state index is 0.00855. The molecule has 186 valence electrons. The van der Waals surface area contributed by atoms with Crippen molar-refractivity contribution in [1.29, 1.82) is 0 Å². The van der Waals surface area contributed by atoms with Crippen LogP contribution in [0.3, 0.4) is 0 Å². The second-order valence-corrected chi connectivity index (χ2v) is 9.86. The molecule has 4 rings (SSSR count). The van der Waals surface area contributed by atoms with Crippen LogP contribution in [-0.2, 0) is 20.7 Å². The first-order valence-corrected chi connectivity index (χ1v) is 12.6. The van der Waals surface area contributed by atoms with Crippen LogP contribution in [0.2, 0.25) is 0 Å². The number of methoxy groups -OCH3 is 1. The number of ether oxygens (including phenoxy) is 3. The maximum Gasteiger partial charge on any atom is 0.313 e. The SMILES string of the molecule is COc1ccc2cc(C3CN(CCOC(=O)C(C)c4ccc(CC(C)C)cc4)CCO3)ccc2c1. The van der Waals surface area contributed by atoms with Gasteiger partial charge in [-0.3, -0.25) is 9.69 Å². The van der Waals surface area contributed by atoms with E-state index >= 15 is 0 Å². The lowest BCUT2D eigenvalue weighted by Gasteiger charge is -2.33. The molecule has 0 aromatic heterocycles. The molecule has 35 heavy (non-hydrogen) atoms. The Morgan fingerprint density at radius 1 is 1.03 bits per heavy atom. The molecule has 1 fully saturated rings. The summed E-state index contributed by atoms with van der Waals surface area (Å²) in [5, 5.41) is 2.32. The van der Waals surface area contributed by atoms with Crippen molar-refractivity contribution >= 4 is 16.7 Å². The highest BCUT2D eigenvalue weighted by Crippen LogP contribution is 2.28. The lowest BCUT2D eigenvalue weighted by molar-refractivity contribution is -0.146. The van der Waals surface area contributed by atoms with Crippen molar-refractivity contribution in [3.8, 4) is 5.75 Å². The number of rotatable bonds is 9. The number of hydrogen-bond donors (Lipinski definition) is 0. The summed E-state index contributed by atoms with van der Waals surface area (Å²) in [6.45, 7) is 9.72. The Hall–Kier alpha value is -2.89. The zero-order valence-corrected chi connectivity index (χ0v) is 21.3. The predicted molar refractivity (Wildman–Crippen MR) is 140 cm³/mol. The normalized spacial score (nSPS) is 17.5. The molecule has 0 amide bonds. The lowest BCUT2D eigenvalue weighted by Crippen LogP contribution is -2.40. The van der Waals surface area contributed by atoms with Crippen molar-refractivity contribution in [2.45, 2.75) is 39.2 Å². The third-order valence-electron chi connectivity index (χ3n) is 6.72. The van der Waals surface area contributed by atoms with Crippen LogP contribution in [0, 0.1) is 5.92 Å².